The van der Waals surface area contributed by atoms with Gasteiger partial charge in [-0.3, -0.25) is 0 Å². The fraction of sp³-hybridized carbons (Fsp3) is 0.588. The second-order valence-corrected chi connectivity index (χ2v) is 7.28. The molecule has 1 aromatic carbocycles. The molecule has 0 fully saturated rings. The highest BCUT2D eigenvalue weighted by molar-refractivity contribution is 9.10. The van der Waals surface area contributed by atoms with Crippen molar-refractivity contribution >= 4 is 22.0 Å². The maximum absolute atomic E-state index is 11.9. The van der Waals surface area contributed by atoms with Crippen LogP contribution in [0.4, 0.5) is 4.79 Å². The van der Waals surface area contributed by atoms with Crippen molar-refractivity contribution in [2.24, 2.45) is 0 Å². The third-order valence-corrected chi connectivity index (χ3v) is 3.75. The van der Waals surface area contributed by atoms with Gasteiger partial charge in [-0.05, 0) is 44.9 Å². The highest BCUT2D eigenvalue weighted by Crippen LogP contribution is 2.19. The van der Waals surface area contributed by atoms with Gasteiger partial charge in [0.2, 0.25) is 0 Å². The molecule has 22 heavy (non-hydrogen) atoms. The van der Waals surface area contributed by atoms with E-state index in [1.165, 1.54) is 5.56 Å². The van der Waals surface area contributed by atoms with Gasteiger partial charge in [-0.25, -0.2) is 4.79 Å². The molecule has 0 saturated carbocycles. The third-order valence-electron chi connectivity index (χ3n) is 3.22. The molecule has 1 aromatic rings. The summed E-state index contributed by atoms with van der Waals surface area (Å²) in [6, 6.07) is 8.62. The van der Waals surface area contributed by atoms with E-state index in [0.29, 0.717) is 12.6 Å². The summed E-state index contributed by atoms with van der Waals surface area (Å²) in [6.07, 6.45) is 0.712. The van der Waals surface area contributed by atoms with Crippen molar-refractivity contribution in [3.05, 3.63) is 34.3 Å². The number of nitrogens with zero attached hydrogens (tertiary/aromatic N) is 1. The molecular formula is C17H27BrN2O2. The molecule has 124 valence electrons. The summed E-state index contributed by atoms with van der Waals surface area (Å²) >= 11 is 3.45. The molecule has 0 aliphatic carbocycles. The molecule has 0 bridgehead atoms. The van der Waals surface area contributed by atoms with Crippen LogP contribution in [-0.4, -0.2) is 36.7 Å². The van der Waals surface area contributed by atoms with Crippen LogP contribution in [0, 0.1) is 0 Å². The van der Waals surface area contributed by atoms with Crippen LogP contribution in [0.1, 0.15) is 45.7 Å². The minimum Gasteiger partial charge on any atom is -0.444 e. The second-order valence-electron chi connectivity index (χ2n) is 6.37. The number of carbonyl (C=O) groups excluding carboxylic acids is 1. The molecule has 1 atom stereocenters. The standard InChI is InChI=1S/C17H27BrN2O2/c1-6-15(13-7-9-14(18)10-8-13)19-11-12-20(5)16(21)22-17(2,3)4/h7-10,15,19H,6,11-12H2,1-5H3. The topological polar surface area (TPSA) is 41.6 Å². The number of rotatable bonds is 6. The molecule has 1 rings (SSSR count). The average Bonchev–Trinajstić information content (AvgIpc) is 2.43. The molecular weight excluding hydrogens is 344 g/mol. The SMILES string of the molecule is CCC(NCCN(C)C(=O)OC(C)(C)C)c1ccc(Br)cc1. The molecule has 4 nitrogen and oxygen atoms in total. The van der Waals surface area contributed by atoms with Gasteiger partial charge in [0.1, 0.15) is 5.60 Å². The van der Waals surface area contributed by atoms with E-state index >= 15 is 0 Å². The number of carbonyl (C=O) groups is 1. The summed E-state index contributed by atoms with van der Waals surface area (Å²) < 4.78 is 6.41. The average molecular weight is 371 g/mol. The van der Waals surface area contributed by atoms with E-state index in [2.05, 4.69) is 40.3 Å². The van der Waals surface area contributed by atoms with Crippen molar-refractivity contribution in [3.63, 3.8) is 0 Å². The van der Waals surface area contributed by atoms with Crippen LogP contribution in [0.15, 0.2) is 28.7 Å². The zero-order valence-corrected chi connectivity index (χ0v) is 15.7. The number of hydrogen-bond acceptors (Lipinski definition) is 3. The highest BCUT2D eigenvalue weighted by Gasteiger charge is 2.19. The molecule has 0 aliphatic heterocycles. The normalized spacial score (nSPS) is 12.8. The van der Waals surface area contributed by atoms with E-state index in [-0.39, 0.29) is 6.09 Å². The van der Waals surface area contributed by atoms with Gasteiger partial charge in [0.15, 0.2) is 0 Å². The molecule has 0 aliphatic rings. The maximum Gasteiger partial charge on any atom is 0.410 e. The van der Waals surface area contributed by atoms with Crippen molar-refractivity contribution in [3.8, 4) is 0 Å². The van der Waals surface area contributed by atoms with Gasteiger partial charge in [-0.15, -0.1) is 0 Å². The number of likely N-dealkylation sites (N-methyl/N-ethyl adjacent to an activating group) is 1. The second kappa shape index (κ2) is 8.53. The maximum atomic E-state index is 11.9. The van der Waals surface area contributed by atoms with Gasteiger partial charge < -0.3 is 15.0 Å². The van der Waals surface area contributed by atoms with Crippen LogP contribution >= 0.6 is 15.9 Å². The van der Waals surface area contributed by atoms with Gasteiger partial charge in [-0.2, -0.15) is 0 Å². The Morgan fingerprint density at radius 3 is 2.41 bits per heavy atom. The Labute approximate surface area is 142 Å². The van der Waals surface area contributed by atoms with Gasteiger partial charge in [0.25, 0.3) is 0 Å². The van der Waals surface area contributed by atoms with Crippen molar-refractivity contribution in [2.45, 2.75) is 45.8 Å². The van der Waals surface area contributed by atoms with Crippen LogP contribution in [0.25, 0.3) is 0 Å². The lowest BCUT2D eigenvalue weighted by Gasteiger charge is -2.25. The Morgan fingerprint density at radius 1 is 1.32 bits per heavy atom. The molecule has 0 spiro atoms. The van der Waals surface area contributed by atoms with Gasteiger partial charge in [-0.1, -0.05) is 35.0 Å². The molecule has 1 amide bonds. The lowest BCUT2D eigenvalue weighted by Crippen LogP contribution is -2.38. The Morgan fingerprint density at radius 2 is 1.91 bits per heavy atom. The fourth-order valence-corrected chi connectivity index (χ4v) is 2.29. The summed E-state index contributed by atoms with van der Waals surface area (Å²) in [7, 11) is 1.76. The number of amides is 1. The third kappa shape index (κ3) is 6.79. The number of ether oxygens (including phenoxy) is 1. The first-order valence-corrected chi connectivity index (χ1v) is 8.45. The van der Waals surface area contributed by atoms with Crippen LogP contribution in [0.5, 0.6) is 0 Å². The summed E-state index contributed by atoms with van der Waals surface area (Å²) in [5, 5.41) is 3.49. The zero-order valence-electron chi connectivity index (χ0n) is 14.1. The van der Waals surface area contributed by atoms with E-state index in [1.807, 2.05) is 32.9 Å². The minimum absolute atomic E-state index is 0.286. The van der Waals surface area contributed by atoms with Crippen molar-refractivity contribution in [1.82, 2.24) is 10.2 Å². The number of halogens is 1. The monoisotopic (exact) mass is 370 g/mol. The Hall–Kier alpha value is -1.07. The summed E-state index contributed by atoms with van der Waals surface area (Å²) in [6.45, 7) is 9.11. The van der Waals surface area contributed by atoms with E-state index in [9.17, 15) is 4.79 Å². The van der Waals surface area contributed by atoms with Crippen LogP contribution < -0.4 is 5.32 Å². The van der Waals surface area contributed by atoms with E-state index in [0.717, 1.165) is 17.4 Å². The predicted octanol–water partition coefficient (Wildman–Crippen LogP) is 4.36. The minimum atomic E-state index is -0.456. The molecule has 1 N–H and O–H groups in total. The molecule has 0 heterocycles. The van der Waals surface area contributed by atoms with Gasteiger partial charge in [0, 0.05) is 30.7 Å². The summed E-state index contributed by atoms with van der Waals surface area (Å²) in [5.74, 6) is 0. The van der Waals surface area contributed by atoms with E-state index < -0.39 is 5.60 Å². The summed E-state index contributed by atoms with van der Waals surface area (Å²) in [4.78, 5) is 13.5. The quantitative estimate of drug-likeness (QED) is 0.808. The molecule has 0 aromatic heterocycles. The summed E-state index contributed by atoms with van der Waals surface area (Å²) in [5.41, 5.74) is 0.799. The van der Waals surface area contributed by atoms with Gasteiger partial charge in [0.05, 0.1) is 0 Å². The molecule has 1 unspecified atom stereocenters. The molecule has 0 saturated heterocycles. The predicted molar refractivity (Wildman–Crippen MR) is 94.0 cm³/mol. The first-order chi connectivity index (χ1) is 10.2. The largest absolute Gasteiger partial charge is 0.444 e. The Balaban J connectivity index is 2.44. The first kappa shape index (κ1) is 19.0. The smallest absolute Gasteiger partial charge is 0.410 e. The van der Waals surface area contributed by atoms with Crippen LogP contribution in [0.3, 0.4) is 0 Å². The first-order valence-electron chi connectivity index (χ1n) is 7.66. The van der Waals surface area contributed by atoms with E-state index in [4.69, 9.17) is 4.74 Å². The van der Waals surface area contributed by atoms with Crippen molar-refractivity contribution in [1.29, 1.82) is 0 Å². The van der Waals surface area contributed by atoms with Crippen molar-refractivity contribution < 1.29 is 9.53 Å². The van der Waals surface area contributed by atoms with Crippen LogP contribution in [0.2, 0.25) is 0 Å². The molecule has 0 radical (unpaired) electrons. The van der Waals surface area contributed by atoms with Crippen molar-refractivity contribution in [2.75, 3.05) is 20.1 Å². The highest BCUT2D eigenvalue weighted by atomic mass is 79.9. The fourth-order valence-electron chi connectivity index (χ4n) is 2.03. The zero-order chi connectivity index (χ0) is 16.8. The van der Waals surface area contributed by atoms with Gasteiger partial charge >= 0.3 is 6.09 Å². The van der Waals surface area contributed by atoms with E-state index in [1.54, 1.807) is 11.9 Å². The molecule has 5 heteroatoms. The Kier molecular flexibility index (Phi) is 7.36. The lowest BCUT2D eigenvalue weighted by atomic mass is 10.0. The number of benzene rings is 1. The Bertz CT molecular complexity index is 469. The van der Waals surface area contributed by atoms with Crippen LogP contribution in [-0.2, 0) is 4.74 Å². The lowest BCUT2D eigenvalue weighted by molar-refractivity contribution is 0.0299. The number of hydrogen-bond donors (Lipinski definition) is 1. The number of nitrogens with one attached hydrogen (secondary N) is 1.